The lowest BCUT2D eigenvalue weighted by Gasteiger charge is -2.17. The van der Waals surface area contributed by atoms with Crippen molar-refractivity contribution in [2.24, 2.45) is 5.73 Å². The lowest BCUT2D eigenvalue weighted by Crippen LogP contribution is -2.17. The van der Waals surface area contributed by atoms with Gasteiger partial charge in [-0.1, -0.05) is 22.0 Å². The Morgan fingerprint density at radius 3 is 2.82 bits per heavy atom. The summed E-state index contributed by atoms with van der Waals surface area (Å²) in [6.45, 7) is 2.51. The largest absolute Gasteiger partial charge is 0.483 e. The third kappa shape index (κ3) is 3.09. The standard InChI is InChI=1S/C13H14BrNOS/c1-9-7-10(14)4-5-11(9)16-12(8-15)13-3-2-6-17-13/h2-7,12H,8,15H2,1H3. The number of benzene rings is 1. The molecule has 0 radical (unpaired) electrons. The Bertz CT molecular complexity index is 484. The van der Waals surface area contributed by atoms with Gasteiger partial charge in [0.05, 0.1) is 0 Å². The Morgan fingerprint density at radius 1 is 1.41 bits per heavy atom. The van der Waals surface area contributed by atoms with Crippen molar-refractivity contribution in [2.45, 2.75) is 13.0 Å². The fourth-order valence-corrected chi connectivity index (χ4v) is 2.84. The van der Waals surface area contributed by atoms with Crippen LogP contribution < -0.4 is 10.5 Å². The van der Waals surface area contributed by atoms with Crippen LogP contribution in [0.25, 0.3) is 0 Å². The number of hydrogen-bond donors (Lipinski definition) is 1. The minimum atomic E-state index is -0.0603. The van der Waals surface area contributed by atoms with E-state index >= 15 is 0 Å². The predicted octanol–water partition coefficient (Wildman–Crippen LogP) is 3.90. The molecule has 0 spiro atoms. The van der Waals surface area contributed by atoms with Crippen LogP contribution in [0.4, 0.5) is 0 Å². The van der Waals surface area contributed by atoms with Crippen molar-refractivity contribution < 1.29 is 4.74 Å². The topological polar surface area (TPSA) is 35.2 Å². The van der Waals surface area contributed by atoms with Crippen molar-refractivity contribution in [3.8, 4) is 5.75 Å². The lowest BCUT2D eigenvalue weighted by atomic mass is 10.2. The van der Waals surface area contributed by atoms with E-state index in [1.54, 1.807) is 11.3 Å². The van der Waals surface area contributed by atoms with E-state index < -0.39 is 0 Å². The van der Waals surface area contributed by atoms with Crippen LogP contribution in [0, 0.1) is 6.92 Å². The van der Waals surface area contributed by atoms with Gasteiger partial charge in [0.25, 0.3) is 0 Å². The molecule has 0 bridgehead atoms. The number of hydrogen-bond acceptors (Lipinski definition) is 3. The predicted molar refractivity (Wildman–Crippen MR) is 75.6 cm³/mol. The second kappa shape index (κ2) is 5.67. The van der Waals surface area contributed by atoms with Gasteiger partial charge in [0.2, 0.25) is 0 Å². The maximum absolute atomic E-state index is 5.96. The monoisotopic (exact) mass is 311 g/mol. The molecule has 1 unspecified atom stereocenters. The molecule has 4 heteroatoms. The number of halogens is 1. The van der Waals surface area contributed by atoms with Crippen molar-refractivity contribution in [2.75, 3.05) is 6.54 Å². The maximum atomic E-state index is 5.96. The van der Waals surface area contributed by atoms with Gasteiger partial charge in [0.15, 0.2) is 0 Å². The molecule has 2 aromatic rings. The van der Waals surface area contributed by atoms with Gasteiger partial charge in [-0.05, 0) is 42.1 Å². The van der Waals surface area contributed by atoms with E-state index in [1.807, 2.05) is 36.6 Å². The van der Waals surface area contributed by atoms with Crippen LogP contribution in [0.1, 0.15) is 16.5 Å². The van der Waals surface area contributed by atoms with E-state index in [2.05, 4.69) is 22.0 Å². The highest BCUT2D eigenvalue weighted by atomic mass is 79.9. The molecule has 0 saturated heterocycles. The average Bonchev–Trinajstić information content (AvgIpc) is 2.81. The first kappa shape index (κ1) is 12.6. The van der Waals surface area contributed by atoms with Crippen LogP contribution in [-0.4, -0.2) is 6.54 Å². The molecule has 0 fully saturated rings. The summed E-state index contributed by atoms with van der Waals surface area (Å²) in [6, 6.07) is 10.0. The first-order valence-electron chi connectivity index (χ1n) is 5.37. The van der Waals surface area contributed by atoms with Crippen LogP contribution in [0.5, 0.6) is 5.75 Å². The van der Waals surface area contributed by atoms with Gasteiger partial charge in [0, 0.05) is 15.9 Å². The van der Waals surface area contributed by atoms with E-state index in [-0.39, 0.29) is 6.10 Å². The fraction of sp³-hybridized carbons (Fsp3) is 0.231. The minimum Gasteiger partial charge on any atom is -0.483 e. The van der Waals surface area contributed by atoms with Crippen LogP contribution in [0.2, 0.25) is 0 Å². The van der Waals surface area contributed by atoms with E-state index in [0.717, 1.165) is 20.7 Å². The van der Waals surface area contributed by atoms with E-state index in [4.69, 9.17) is 10.5 Å². The van der Waals surface area contributed by atoms with Gasteiger partial charge in [-0.25, -0.2) is 0 Å². The van der Waals surface area contributed by atoms with Crippen molar-refractivity contribution in [1.82, 2.24) is 0 Å². The zero-order chi connectivity index (χ0) is 12.3. The fourth-order valence-electron chi connectivity index (χ4n) is 1.60. The summed E-state index contributed by atoms with van der Waals surface area (Å²) in [5, 5.41) is 2.04. The quantitative estimate of drug-likeness (QED) is 0.929. The third-order valence-electron chi connectivity index (χ3n) is 2.48. The maximum Gasteiger partial charge on any atom is 0.145 e. The first-order chi connectivity index (χ1) is 8.20. The van der Waals surface area contributed by atoms with Crippen molar-refractivity contribution in [3.63, 3.8) is 0 Å². The van der Waals surface area contributed by atoms with E-state index in [9.17, 15) is 0 Å². The zero-order valence-corrected chi connectivity index (χ0v) is 11.9. The van der Waals surface area contributed by atoms with Crippen LogP contribution in [-0.2, 0) is 0 Å². The smallest absolute Gasteiger partial charge is 0.145 e. The Kier molecular flexibility index (Phi) is 4.20. The molecule has 1 aromatic heterocycles. The second-order valence-corrected chi connectivity index (χ2v) is 5.66. The molecular formula is C13H14BrNOS. The SMILES string of the molecule is Cc1cc(Br)ccc1OC(CN)c1cccs1. The van der Waals surface area contributed by atoms with Crippen LogP contribution in [0.15, 0.2) is 40.2 Å². The molecule has 0 aliphatic heterocycles. The van der Waals surface area contributed by atoms with E-state index in [1.165, 1.54) is 0 Å². The van der Waals surface area contributed by atoms with Gasteiger partial charge >= 0.3 is 0 Å². The summed E-state index contributed by atoms with van der Waals surface area (Å²) in [6.07, 6.45) is -0.0603. The van der Waals surface area contributed by atoms with Crippen molar-refractivity contribution in [3.05, 3.63) is 50.6 Å². The normalized spacial score (nSPS) is 12.4. The molecule has 0 aliphatic rings. The second-order valence-electron chi connectivity index (χ2n) is 3.77. The number of nitrogens with two attached hydrogens (primary N) is 1. The van der Waals surface area contributed by atoms with Crippen molar-refractivity contribution in [1.29, 1.82) is 0 Å². The summed E-state index contributed by atoms with van der Waals surface area (Å²) < 4.78 is 7.02. The molecular weight excluding hydrogens is 298 g/mol. The number of aryl methyl sites for hydroxylation is 1. The number of rotatable bonds is 4. The molecule has 90 valence electrons. The molecule has 17 heavy (non-hydrogen) atoms. The minimum absolute atomic E-state index is 0.0603. The van der Waals surface area contributed by atoms with E-state index in [0.29, 0.717) is 6.54 Å². The molecule has 2 nitrogen and oxygen atoms in total. The highest BCUT2D eigenvalue weighted by Crippen LogP contribution is 2.28. The van der Waals surface area contributed by atoms with Crippen LogP contribution in [0.3, 0.4) is 0 Å². The summed E-state index contributed by atoms with van der Waals surface area (Å²) in [5.74, 6) is 0.886. The summed E-state index contributed by atoms with van der Waals surface area (Å²) in [5.41, 5.74) is 6.87. The molecule has 1 heterocycles. The lowest BCUT2D eigenvalue weighted by molar-refractivity contribution is 0.216. The van der Waals surface area contributed by atoms with Gasteiger partial charge in [0.1, 0.15) is 11.9 Å². The Balaban J connectivity index is 2.19. The van der Waals surface area contributed by atoms with Crippen LogP contribution >= 0.6 is 27.3 Å². The molecule has 0 amide bonds. The molecule has 2 rings (SSSR count). The Labute approximate surface area is 114 Å². The van der Waals surface area contributed by atoms with Gasteiger partial charge < -0.3 is 10.5 Å². The molecule has 0 aliphatic carbocycles. The highest BCUT2D eigenvalue weighted by Gasteiger charge is 2.13. The first-order valence-corrected chi connectivity index (χ1v) is 7.04. The van der Waals surface area contributed by atoms with Gasteiger partial charge in [-0.15, -0.1) is 11.3 Å². The number of ether oxygens (including phenoxy) is 1. The average molecular weight is 312 g/mol. The summed E-state index contributed by atoms with van der Waals surface area (Å²) in [7, 11) is 0. The zero-order valence-electron chi connectivity index (χ0n) is 9.52. The molecule has 2 N–H and O–H groups in total. The van der Waals surface area contributed by atoms with Crippen molar-refractivity contribution >= 4 is 27.3 Å². The Morgan fingerprint density at radius 2 is 2.24 bits per heavy atom. The Hall–Kier alpha value is -0.840. The summed E-state index contributed by atoms with van der Waals surface area (Å²) >= 11 is 5.11. The highest BCUT2D eigenvalue weighted by molar-refractivity contribution is 9.10. The number of thiophene rings is 1. The van der Waals surface area contributed by atoms with Gasteiger partial charge in [-0.2, -0.15) is 0 Å². The third-order valence-corrected chi connectivity index (χ3v) is 3.94. The molecule has 1 atom stereocenters. The van der Waals surface area contributed by atoms with Gasteiger partial charge in [-0.3, -0.25) is 0 Å². The molecule has 0 saturated carbocycles. The molecule has 1 aromatic carbocycles. The summed E-state index contributed by atoms with van der Waals surface area (Å²) in [4.78, 5) is 1.16.